The molecule has 0 saturated heterocycles. The van der Waals surface area contributed by atoms with E-state index in [2.05, 4.69) is 206 Å². The molecule has 4 heteroatoms. The molecule has 0 atom stereocenters. The molecule has 0 N–H and O–H groups in total. The zero-order chi connectivity index (χ0) is 39.6. The lowest BCUT2D eigenvalue weighted by Crippen LogP contribution is -2.00. The number of para-hydroxylation sites is 1. The third kappa shape index (κ3) is 5.69. The van der Waals surface area contributed by atoms with Crippen LogP contribution in [0.25, 0.3) is 121 Å². The summed E-state index contributed by atoms with van der Waals surface area (Å²) in [4.78, 5) is 20.5. The average Bonchev–Trinajstić information content (AvgIpc) is 3.33. The van der Waals surface area contributed by atoms with Crippen LogP contribution in [0.5, 0.6) is 0 Å². The zero-order valence-electron chi connectivity index (χ0n) is 32.4. The van der Waals surface area contributed by atoms with Crippen LogP contribution in [-0.4, -0.2) is 19.9 Å². The first-order valence-electron chi connectivity index (χ1n) is 20.3. The summed E-state index contributed by atoms with van der Waals surface area (Å²) in [5.41, 5.74) is 8.12. The Labute approximate surface area is 346 Å². The van der Waals surface area contributed by atoms with Gasteiger partial charge in [0.05, 0.1) is 11.2 Å². The first-order valence-corrected chi connectivity index (χ1v) is 20.3. The number of hydrogen-bond acceptors (Lipinski definition) is 4. The van der Waals surface area contributed by atoms with Crippen molar-refractivity contribution < 1.29 is 0 Å². The minimum atomic E-state index is 0.632. The van der Waals surface area contributed by atoms with Crippen molar-refractivity contribution in [3.63, 3.8) is 0 Å². The normalized spacial score (nSPS) is 11.7. The molecule has 12 rings (SSSR count). The number of pyridine rings is 1. The molecule has 0 aliphatic carbocycles. The second kappa shape index (κ2) is 13.8. The van der Waals surface area contributed by atoms with E-state index in [4.69, 9.17) is 19.9 Å². The van der Waals surface area contributed by atoms with Gasteiger partial charge in [-0.25, -0.2) is 19.9 Å². The third-order valence-electron chi connectivity index (χ3n) is 11.9. The maximum Gasteiger partial charge on any atom is 0.164 e. The molecule has 0 saturated carbocycles. The van der Waals surface area contributed by atoms with Crippen LogP contribution in [0.1, 0.15) is 0 Å². The molecule has 278 valence electrons. The number of aromatic nitrogens is 4. The van der Waals surface area contributed by atoms with Crippen LogP contribution in [0.4, 0.5) is 0 Å². The summed E-state index contributed by atoms with van der Waals surface area (Å²) in [6, 6.07) is 72.9. The monoisotopic (exact) mass is 762 g/mol. The predicted molar refractivity (Wildman–Crippen MR) is 250 cm³/mol. The smallest absolute Gasteiger partial charge is 0.164 e. The minimum Gasteiger partial charge on any atom is -0.247 e. The SMILES string of the molecule is c1ccc2cc(-c3nc(-c4ccc(-c5ccc(-c6nc7ccccc7c7c8ccccc8c8ccccc8c67)cc5)cc4)nc(-c4ccc5ccccc5c4)n3)ccc2c1. The number of rotatable bonds is 5. The number of nitrogens with zero attached hydrogens (tertiary/aromatic N) is 4. The summed E-state index contributed by atoms with van der Waals surface area (Å²) in [5.74, 6) is 1.92. The maximum atomic E-state index is 5.35. The van der Waals surface area contributed by atoms with Crippen molar-refractivity contribution >= 4 is 64.8 Å². The van der Waals surface area contributed by atoms with E-state index in [9.17, 15) is 0 Å². The molecule has 0 aliphatic rings. The highest BCUT2D eigenvalue weighted by atomic mass is 15.0. The van der Waals surface area contributed by atoms with E-state index in [1.54, 1.807) is 0 Å². The summed E-state index contributed by atoms with van der Waals surface area (Å²) in [5, 5.41) is 13.2. The molecule has 10 aromatic carbocycles. The average molecular weight is 763 g/mol. The van der Waals surface area contributed by atoms with Crippen molar-refractivity contribution in [2.45, 2.75) is 0 Å². The van der Waals surface area contributed by atoms with E-state index in [0.717, 1.165) is 55.4 Å². The quantitative estimate of drug-likeness (QED) is 0.164. The van der Waals surface area contributed by atoms with Gasteiger partial charge in [-0.1, -0.05) is 188 Å². The summed E-state index contributed by atoms with van der Waals surface area (Å²) >= 11 is 0. The number of hydrogen-bond donors (Lipinski definition) is 0. The first-order chi connectivity index (χ1) is 29.7. The fourth-order valence-electron chi connectivity index (χ4n) is 8.89. The van der Waals surface area contributed by atoms with E-state index in [1.807, 2.05) is 0 Å². The summed E-state index contributed by atoms with van der Waals surface area (Å²) in [7, 11) is 0. The fourth-order valence-corrected chi connectivity index (χ4v) is 8.89. The molecule has 0 amide bonds. The second-order valence-electron chi connectivity index (χ2n) is 15.4. The van der Waals surface area contributed by atoms with Crippen molar-refractivity contribution in [3.8, 4) is 56.5 Å². The van der Waals surface area contributed by atoms with E-state index in [-0.39, 0.29) is 0 Å². The van der Waals surface area contributed by atoms with Crippen LogP contribution in [0.3, 0.4) is 0 Å². The van der Waals surface area contributed by atoms with Gasteiger partial charge < -0.3 is 0 Å². The Balaban J connectivity index is 0.945. The number of benzene rings is 10. The van der Waals surface area contributed by atoms with E-state index >= 15 is 0 Å². The van der Waals surface area contributed by atoms with E-state index in [1.165, 1.54) is 48.5 Å². The Morgan fingerprint density at radius 1 is 0.233 bits per heavy atom. The van der Waals surface area contributed by atoms with E-state index < -0.39 is 0 Å². The van der Waals surface area contributed by atoms with Gasteiger partial charge in [0.1, 0.15) is 0 Å². The minimum absolute atomic E-state index is 0.632. The Kier molecular flexibility index (Phi) is 7.82. The molecule has 4 nitrogen and oxygen atoms in total. The Morgan fingerprint density at radius 3 is 1.17 bits per heavy atom. The summed E-state index contributed by atoms with van der Waals surface area (Å²) < 4.78 is 0. The van der Waals surface area contributed by atoms with Crippen molar-refractivity contribution in [2.24, 2.45) is 0 Å². The van der Waals surface area contributed by atoms with Gasteiger partial charge >= 0.3 is 0 Å². The molecule has 0 spiro atoms. The molecule has 0 aliphatic heterocycles. The van der Waals surface area contributed by atoms with Gasteiger partial charge in [0.2, 0.25) is 0 Å². The van der Waals surface area contributed by atoms with Crippen LogP contribution in [0.15, 0.2) is 206 Å². The molecule has 0 fully saturated rings. The van der Waals surface area contributed by atoms with E-state index in [0.29, 0.717) is 17.5 Å². The van der Waals surface area contributed by atoms with Crippen LogP contribution in [-0.2, 0) is 0 Å². The van der Waals surface area contributed by atoms with Crippen LogP contribution < -0.4 is 0 Å². The Morgan fingerprint density at radius 2 is 0.617 bits per heavy atom. The Hall–Kier alpha value is -8.08. The lowest BCUT2D eigenvalue weighted by Gasteiger charge is -2.16. The molecular formula is C56H34N4. The van der Waals surface area contributed by atoms with Gasteiger partial charge in [0.15, 0.2) is 17.5 Å². The van der Waals surface area contributed by atoms with Crippen molar-refractivity contribution in [1.82, 2.24) is 19.9 Å². The molecule has 0 bridgehead atoms. The predicted octanol–water partition coefficient (Wildman–Crippen LogP) is 14.5. The molecule has 2 heterocycles. The lowest BCUT2D eigenvalue weighted by molar-refractivity contribution is 1.08. The van der Waals surface area contributed by atoms with Crippen molar-refractivity contribution in [2.75, 3.05) is 0 Å². The maximum absolute atomic E-state index is 5.35. The molecule has 0 unspecified atom stereocenters. The van der Waals surface area contributed by atoms with Gasteiger partial charge in [0, 0.05) is 38.4 Å². The van der Waals surface area contributed by atoms with Gasteiger partial charge in [-0.2, -0.15) is 0 Å². The standard InChI is InChI=1S/C56H34N4/c1-3-13-41-33-43(31-25-35(41)11-1)55-58-54(59-56(60-55)44-32-26-36-12-2-4-14-42(36)34-44)40-29-23-38(24-30-40)37-21-27-39(28-22-37)53-52-48-18-8-6-16-46(48)45-15-5-7-17-47(45)51(52)49-19-9-10-20-50(49)57-53/h1-34H. The highest BCUT2D eigenvalue weighted by molar-refractivity contribution is 6.33. The van der Waals surface area contributed by atoms with Crippen LogP contribution in [0.2, 0.25) is 0 Å². The Bertz CT molecular complexity index is 3550. The zero-order valence-corrected chi connectivity index (χ0v) is 32.4. The second-order valence-corrected chi connectivity index (χ2v) is 15.4. The van der Waals surface area contributed by atoms with Crippen LogP contribution >= 0.6 is 0 Å². The summed E-state index contributed by atoms with van der Waals surface area (Å²) in [6.07, 6.45) is 0. The molecule has 60 heavy (non-hydrogen) atoms. The molecule has 0 radical (unpaired) electrons. The largest absolute Gasteiger partial charge is 0.247 e. The van der Waals surface area contributed by atoms with Gasteiger partial charge in [-0.3, -0.25) is 0 Å². The van der Waals surface area contributed by atoms with Crippen LogP contribution in [0, 0.1) is 0 Å². The van der Waals surface area contributed by atoms with Gasteiger partial charge in [-0.15, -0.1) is 0 Å². The fraction of sp³-hybridized carbons (Fsp3) is 0. The molecule has 12 aromatic rings. The third-order valence-corrected chi connectivity index (χ3v) is 11.9. The first kappa shape index (κ1) is 34.0. The highest BCUT2D eigenvalue weighted by Crippen LogP contribution is 2.43. The molecular weight excluding hydrogens is 729 g/mol. The van der Waals surface area contributed by atoms with Crippen molar-refractivity contribution in [3.05, 3.63) is 206 Å². The van der Waals surface area contributed by atoms with Gasteiger partial charge in [0.25, 0.3) is 0 Å². The summed E-state index contributed by atoms with van der Waals surface area (Å²) in [6.45, 7) is 0. The lowest BCUT2D eigenvalue weighted by atomic mass is 9.89. The van der Waals surface area contributed by atoms with Gasteiger partial charge in [-0.05, 0) is 72.4 Å². The topological polar surface area (TPSA) is 51.6 Å². The number of fused-ring (bicyclic) bond motifs is 10. The van der Waals surface area contributed by atoms with Crippen molar-refractivity contribution in [1.29, 1.82) is 0 Å². The molecule has 2 aromatic heterocycles. The highest BCUT2D eigenvalue weighted by Gasteiger charge is 2.18.